The number of nitrogens with one attached hydrogen (secondary N) is 1. The first-order valence-electron chi connectivity index (χ1n) is 4.64. The van der Waals surface area contributed by atoms with Crippen molar-refractivity contribution in [2.24, 2.45) is 0 Å². The van der Waals surface area contributed by atoms with Crippen molar-refractivity contribution < 1.29 is 9.00 Å². The number of hydrogen-bond acceptors (Lipinski definition) is 5. The van der Waals surface area contributed by atoms with E-state index in [9.17, 15) is 9.00 Å². The Morgan fingerprint density at radius 2 is 2.31 bits per heavy atom. The number of anilines is 1. The minimum absolute atomic E-state index is 0.131. The Balaban J connectivity index is 2.56. The first-order valence-corrected chi connectivity index (χ1v) is 6.75. The largest absolute Gasteiger partial charge is 0.369 e. The van der Waals surface area contributed by atoms with E-state index in [0.29, 0.717) is 24.4 Å². The van der Waals surface area contributed by atoms with Crippen LogP contribution in [0.4, 0.5) is 5.82 Å². The summed E-state index contributed by atoms with van der Waals surface area (Å²) < 4.78 is 10.8. The number of carbonyl (C=O) groups is 1. The average molecular weight is 262 g/mol. The summed E-state index contributed by atoms with van der Waals surface area (Å²) in [6.45, 7) is 0.591. The minimum atomic E-state index is -0.803. The highest BCUT2D eigenvalue weighted by molar-refractivity contribution is 7.84. The molecule has 1 heterocycles. The molecule has 1 atom stereocenters. The molecule has 0 aromatic carbocycles. The molecule has 0 saturated carbocycles. The van der Waals surface area contributed by atoms with Crippen molar-refractivity contribution in [3.8, 4) is 0 Å². The van der Waals surface area contributed by atoms with Crippen molar-refractivity contribution in [3.63, 3.8) is 0 Å². The van der Waals surface area contributed by atoms with Crippen LogP contribution in [-0.4, -0.2) is 39.0 Å². The number of aldehydes is 1. The summed E-state index contributed by atoms with van der Waals surface area (Å²) in [4.78, 5) is 18.4. The maximum absolute atomic E-state index is 10.8. The van der Waals surface area contributed by atoms with Gasteiger partial charge >= 0.3 is 0 Å². The molecular weight excluding hydrogens is 250 g/mol. The van der Waals surface area contributed by atoms with Gasteiger partial charge in [-0.3, -0.25) is 9.00 Å². The summed E-state index contributed by atoms with van der Waals surface area (Å²) >= 11 is 5.72. The molecule has 88 valence electrons. The van der Waals surface area contributed by atoms with Crippen molar-refractivity contribution in [1.29, 1.82) is 0 Å². The number of aromatic nitrogens is 2. The van der Waals surface area contributed by atoms with Gasteiger partial charge in [0, 0.05) is 29.4 Å². The average Bonchev–Trinajstić information content (AvgIpc) is 2.24. The van der Waals surface area contributed by atoms with Crippen LogP contribution < -0.4 is 5.32 Å². The molecule has 1 aromatic rings. The van der Waals surface area contributed by atoms with E-state index in [2.05, 4.69) is 15.3 Å². The van der Waals surface area contributed by atoms with Gasteiger partial charge in [0.15, 0.2) is 6.29 Å². The Hall–Kier alpha value is -1.01. The topological polar surface area (TPSA) is 72.0 Å². The van der Waals surface area contributed by atoms with Gasteiger partial charge in [-0.15, -0.1) is 0 Å². The predicted octanol–water partition coefficient (Wildman–Crippen LogP) is 1.12. The van der Waals surface area contributed by atoms with Crippen molar-refractivity contribution in [1.82, 2.24) is 9.97 Å². The highest BCUT2D eigenvalue weighted by Gasteiger charge is 2.07. The van der Waals surface area contributed by atoms with Gasteiger partial charge in [-0.1, -0.05) is 11.6 Å². The van der Waals surface area contributed by atoms with Gasteiger partial charge in [0.25, 0.3) is 0 Å². The summed E-state index contributed by atoms with van der Waals surface area (Å²) in [5, 5.41) is 3.09. The second kappa shape index (κ2) is 6.55. The number of hydrogen-bond donors (Lipinski definition) is 1. The zero-order valence-electron chi connectivity index (χ0n) is 8.77. The third kappa shape index (κ3) is 3.86. The zero-order chi connectivity index (χ0) is 12.0. The van der Waals surface area contributed by atoms with Crippen LogP contribution in [0, 0.1) is 0 Å². The summed E-state index contributed by atoms with van der Waals surface area (Å²) in [6.07, 6.45) is 4.29. The van der Waals surface area contributed by atoms with E-state index in [1.54, 1.807) is 6.26 Å². The normalized spacial score (nSPS) is 12.1. The first kappa shape index (κ1) is 13.1. The van der Waals surface area contributed by atoms with Crippen molar-refractivity contribution in [2.75, 3.05) is 23.9 Å². The third-order valence-corrected chi connectivity index (χ3v) is 3.02. The minimum Gasteiger partial charge on any atom is -0.369 e. The van der Waals surface area contributed by atoms with Crippen molar-refractivity contribution in [3.05, 3.63) is 17.0 Å². The summed E-state index contributed by atoms with van der Waals surface area (Å²) in [5.74, 6) is 1.03. The molecule has 7 heteroatoms. The summed E-state index contributed by atoms with van der Waals surface area (Å²) in [7, 11) is -0.803. The molecule has 0 aliphatic rings. The molecule has 16 heavy (non-hydrogen) atoms. The SMILES string of the molecule is CS(=O)CCCNc1ncnc(Cl)c1C=O. The fourth-order valence-electron chi connectivity index (χ4n) is 1.10. The maximum Gasteiger partial charge on any atom is 0.156 e. The number of rotatable bonds is 6. The molecule has 1 rings (SSSR count). The maximum atomic E-state index is 10.8. The molecule has 0 aliphatic carbocycles. The van der Waals surface area contributed by atoms with E-state index in [-0.39, 0.29) is 10.7 Å². The van der Waals surface area contributed by atoms with Crippen molar-refractivity contribution in [2.45, 2.75) is 6.42 Å². The van der Waals surface area contributed by atoms with Gasteiger partial charge in [-0.2, -0.15) is 0 Å². The highest BCUT2D eigenvalue weighted by atomic mass is 35.5. The Labute approximate surface area is 101 Å². The van der Waals surface area contributed by atoms with Crippen LogP contribution in [0.5, 0.6) is 0 Å². The smallest absolute Gasteiger partial charge is 0.156 e. The Morgan fingerprint density at radius 3 is 2.94 bits per heavy atom. The van der Waals surface area contributed by atoms with Crippen LogP contribution in [-0.2, 0) is 10.8 Å². The summed E-state index contributed by atoms with van der Waals surface area (Å²) in [6, 6.07) is 0. The molecule has 1 N–H and O–H groups in total. The van der Waals surface area contributed by atoms with Crippen molar-refractivity contribution >= 4 is 34.5 Å². The van der Waals surface area contributed by atoms with E-state index in [1.807, 2.05) is 0 Å². The standard InChI is InChI=1S/C9H12ClN3O2S/c1-16(15)4-2-3-11-9-7(5-14)8(10)12-6-13-9/h5-6H,2-4H2,1H3,(H,11,12,13). The molecule has 0 amide bonds. The molecule has 0 aliphatic heterocycles. The fourth-order valence-corrected chi connectivity index (χ4v) is 1.83. The molecule has 0 saturated heterocycles. The Morgan fingerprint density at radius 1 is 1.56 bits per heavy atom. The number of halogens is 1. The lowest BCUT2D eigenvalue weighted by molar-refractivity contribution is 0.112. The molecule has 5 nitrogen and oxygen atoms in total. The number of nitrogens with zero attached hydrogens (tertiary/aromatic N) is 2. The van der Waals surface area contributed by atoms with Crippen LogP contribution in [0.2, 0.25) is 5.15 Å². The van der Waals surface area contributed by atoms with Crippen LogP contribution in [0.1, 0.15) is 16.8 Å². The molecule has 0 spiro atoms. The highest BCUT2D eigenvalue weighted by Crippen LogP contribution is 2.16. The number of carbonyl (C=O) groups excluding carboxylic acids is 1. The van der Waals surface area contributed by atoms with Crippen LogP contribution in [0.3, 0.4) is 0 Å². The van der Waals surface area contributed by atoms with Gasteiger partial charge in [-0.05, 0) is 6.42 Å². The van der Waals surface area contributed by atoms with E-state index < -0.39 is 10.8 Å². The lowest BCUT2D eigenvalue weighted by atomic mass is 10.3. The first-order chi connectivity index (χ1) is 7.65. The van der Waals surface area contributed by atoms with Crippen LogP contribution in [0.25, 0.3) is 0 Å². The van der Waals surface area contributed by atoms with Gasteiger partial charge in [0.05, 0.1) is 5.56 Å². The molecule has 1 unspecified atom stereocenters. The second-order valence-electron chi connectivity index (χ2n) is 3.10. The third-order valence-electron chi connectivity index (χ3n) is 1.85. The van der Waals surface area contributed by atoms with E-state index in [1.165, 1.54) is 6.33 Å². The van der Waals surface area contributed by atoms with E-state index in [4.69, 9.17) is 11.6 Å². The van der Waals surface area contributed by atoms with Crippen LogP contribution in [0.15, 0.2) is 6.33 Å². The monoisotopic (exact) mass is 261 g/mol. The lowest BCUT2D eigenvalue weighted by Crippen LogP contribution is -2.09. The van der Waals surface area contributed by atoms with Gasteiger partial charge < -0.3 is 5.32 Å². The van der Waals surface area contributed by atoms with Gasteiger partial charge in [0.1, 0.15) is 17.3 Å². The fraction of sp³-hybridized carbons (Fsp3) is 0.444. The summed E-state index contributed by atoms with van der Waals surface area (Å²) in [5.41, 5.74) is 0.252. The van der Waals surface area contributed by atoms with Gasteiger partial charge in [0.2, 0.25) is 0 Å². The quantitative estimate of drug-likeness (QED) is 0.472. The molecule has 0 bridgehead atoms. The predicted molar refractivity (Wildman–Crippen MR) is 64.5 cm³/mol. The molecule has 0 radical (unpaired) electrons. The Kier molecular flexibility index (Phi) is 5.34. The lowest BCUT2D eigenvalue weighted by Gasteiger charge is -2.07. The molecule has 1 aromatic heterocycles. The van der Waals surface area contributed by atoms with Gasteiger partial charge in [-0.25, -0.2) is 9.97 Å². The Bertz CT molecular complexity index is 400. The molecular formula is C9H12ClN3O2S. The zero-order valence-corrected chi connectivity index (χ0v) is 10.3. The molecule has 0 fully saturated rings. The van der Waals surface area contributed by atoms with E-state index in [0.717, 1.165) is 6.42 Å². The second-order valence-corrected chi connectivity index (χ2v) is 5.01. The van der Waals surface area contributed by atoms with Crippen LogP contribution >= 0.6 is 11.6 Å². The van der Waals surface area contributed by atoms with E-state index >= 15 is 0 Å².